The van der Waals surface area contributed by atoms with Crippen LogP contribution in [0, 0.1) is 5.41 Å². The van der Waals surface area contributed by atoms with E-state index in [-0.39, 0.29) is 24.3 Å². The molecule has 8 nitrogen and oxygen atoms in total. The molecule has 1 aliphatic carbocycles. The molecule has 1 atom stereocenters. The first-order valence-electron chi connectivity index (χ1n) is 8.57. The van der Waals surface area contributed by atoms with Gasteiger partial charge in [0.2, 0.25) is 5.91 Å². The van der Waals surface area contributed by atoms with E-state index in [1.54, 1.807) is 13.0 Å². The number of carbonyl (C=O) groups excluding carboxylic acids is 2. The Morgan fingerprint density at radius 1 is 1.25 bits per heavy atom. The van der Waals surface area contributed by atoms with E-state index < -0.39 is 34.4 Å². The topological polar surface area (TPSA) is 133 Å². The predicted octanol–water partition coefficient (Wildman–Crippen LogP) is 2.50. The molecule has 0 saturated carbocycles. The van der Waals surface area contributed by atoms with Crippen molar-refractivity contribution in [1.82, 2.24) is 0 Å². The van der Waals surface area contributed by atoms with Crippen molar-refractivity contribution in [3.05, 3.63) is 53.3 Å². The van der Waals surface area contributed by atoms with Gasteiger partial charge >= 0.3 is 5.97 Å². The molecule has 146 valence electrons. The minimum atomic E-state index is -1.40. The number of carboxylic acids is 1. The number of aromatic carboxylic acids is 1. The van der Waals surface area contributed by atoms with Gasteiger partial charge in [0.15, 0.2) is 11.5 Å². The number of carbonyl (C=O) groups is 3. The second-order valence-electron chi connectivity index (χ2n) is 6.76. The van der Waals surface area contributed by atoms with Crippen LogP contribution in [0.3, 0.4) is 0 Å². The zero-order valence-electron chi connectivity index (χ0n) is 15.1. The Bertz CT molecular complexity index is 958. The fourth-order valence-corrected chi connectivity index (χ4v) is 3.24. The van der Waals surface area contributed by atoms with Crippen molar-refractivity contribution in [3.63, 3.8) is 0 Å². The van der Waals surface area contributed by atoms with Gasteiger partial charge in [0.25, 0.3) is 0 Å². The molecule has 0 saturated heterocycles. The standard InChI is InChI=1S/C20H19NO7/c1-20(13-10-28-9-7-11(13)2-5-15(20)23)8-6-16(24)21-17-14(22)4-3-12(18(17)25)19(26)27/h2-5,7,10,22,25H,6,8-9H2,1H3,(H,21,24)(H,26,27). The first kappa shape index (κ1) is 19.2. The first-order valence-corrected chi connectivity index (χ1v) is 8.57. The van der Waals surface area contributed by atoms with Crippen LogP contribution in [0.15, 0.2) is 47.8 Å². The molecule has 2 aliphatic rings. The third-order valence-corrected chi connectivity index (χ3v) is 4.97. The summed E-state index contributed by atoms with van der Waals surface area (Å²) in [6.07, 6.45) is 6.63. The monoisotopic (exact) mass is 385 g/mol. The molecule has 1 aliphatic heterocycles. The number of amides is 1. The number of aromatic hydroxyl groups is 2. The molecule has 4 N–H and O–H groups in total. The molecule has 1 aromatic carbocycles. The van der Waals surface area contributed by atoms with Crippen LogP contribution in [-0.4, -0.2) is 39.6 Å². The van der Waals surface area contributed by atoms with Crippen molar-refractivity contribution in [2.45, 2.75) is 19.8 Å². The minimum absolute atomic E-state index is 0.100. The van der Waals surface area contributed by atoms with Crippen LogP contribution in [0.2, 0.25) is 0 Å². The van der Waals surface area contributed by atoms with Crippen LogP contribution in [0.5, 0.6) is 11.5 Å². The van der Waals surface area contributed by atoms with E-state index in [1.165, 1.54) is 12.3 Å². The number of fused-ring (bicyclic) bond motifs is 1. The fraction of sp³-hybridized carbons (Fsp3) is 0.250. The van der Waals surface area contributed by atoms with Gasteiger partial charge in [0, 0.05) is 12.0 Å². The number of ketones is 1. The van der Waals surface area contributed by atoms with E-state index >= 15 is 0 Å². The molecule has 28 heavy (non-hydrogen) atoms. The highest BCUT2D eigenvalue weighted by molar-refractivity contribution is 6.02. The van der Waals surface area contributed by atoms with E-state index in [2.05, 4.69) is 5.32 Å². The zero-order valence-corrected chi connectivity index (χ0v) is 15.1. The molecule has 0 radical (unpaired) electrons. The first-order chi connectivity index (χ1) is 13.2. The summed E-state index contributed by atoms with van der Waals surface area (Å²) < 4.78 is 5.31. The van der Waals surface area contributed by atoms with Gasteiger partial charge in [-0.25, -0.2) is 4.79 Å². The zero-order chi connectivity index (χ0) is 20.5. The van der Waals surface area contributed by atoms with Crippen LogP contribution in [0.1, 0.15) is 30.1 Å². The highest BCUT2D eigenvalue weighted by atomic mass is 16.5. The molecular weight excluding hydrogens is 366 g/mol. The van der Waals surface area contributed by atoms with E-state index in [4.69, 9.17) is 9.84 Å². The van der Waals surface area contributed by atoms with Gasteiger partial charge in [0.05, 0.1) is 11.7 Å². The van der Waals surface area contributed by atoms with Crippen molar-refractivity contribution < 1.29 is 34.4 Å². The van der Waals surface area contributed by atoms with Crippen LogP contribution in [-0.2, 0) is 14.3 Å². The Balaban J connectivity index is 1.76. The third kappa shape index (κ3) is 3.36. The quantitative estimate of drug-likeness (QED) is 0.572. The van der Waals surface area contributed by atoms with Crippen molar-refractivity contribution in [3.8, 4) is 11.5 Å². The molecule has 0 fully saturated rings. The number of benzene rings is 1. The lowest BCUT2D eigenvalue weighted by Crippen LogP contribution is -2.34. The second kappa shape index (κ2) is 7.22. The normalized spacial score (nSPS) is 20.5. The number of phenols is 2. The molecule has 1 heterocycles. The lowest BCUT2D eigenvalue weighted by Gasteiger charge is -2.34. The predicted molar refractivity (Wildman–Crippen MR) is 99.0 cm³/mol. The summed E-state index contributed by atoms with van der Waals surface area (Å²) in [4.78, 5) is 36.0. The molecule has 1 amide bonds. The summed E-state index contributed by atoms with van der Waals surface area (Å²) in [5.41, 5.74) is -0.223. The minimum Gasteiger partial charge on any atom is -0.506 e. The smallest absolute Gasteiger partial charge is 0.339 e. The van der Waals surface area contributed by atoms with E-state index in [0.29, 0.717) is 12.2 Å². The molecule has 0 bridgehead atoms. The van der Waals surface area contributed by atoms with Gasteiger partial charge in [-0.15, -0.1) is 0 Å². The number of carboxylic acid groups (broad SMARTS) is 1. The van der Waals surface area contributed by atoms with Gasteiger partial charge in [-0.05, 0) is 43.2 Å². The lowest BCUT2D eigenvalue weighted by molar-refractivity contribution is -0.122. The molecule has 3 rings (SSSR count). The fourth-order valence-electron chi connectivity index (χ4n) is 3.24. The van der Waals surface area contributed by atoms with Crippen molar-refractivity contribution in [2.75, 3.05) is 11.9 Å². The molecule has 0 aromatic heterocycles. The third-order valence-electron chi connectivity index (χ3n) is 4.97. The van der Waals surface area contributed by atoms with Gasteiger partial charge < -0.3 is 25.4 Å². The maximum Gasteiger partial charge on any atom is 0.339 e. The maximum atomic E-state index is 12.5. The average molecular weight is 385 g/mol. The lowest BCUT2D eigenvalue weighted by atomic mass is 9.69. The number of ether oxygens (including phenoxy) is 1. The molecule has 1 aromatic rings. The second-order valence-corrected chi connectivity index (χ2v) is 6.76. The number of nitrogens with one attached hydrogen (secondary N) is 1. The average Bonchev–Trinajstić information content (AvgIpc) is 2.66. The number of hydrogen-bond acceptors (Lipinski definition) is 6. The number of hydrogen-bond donors (Lipinski definition) is 4. The van der Waals surface area contributed by atoms with Crippen molar-refractivity contribution >= 4 is 23.3 Å². The van der Waals surface area contributed by atoms with Crippen LogP contribution >= 0.6 is 0 Å². The largest absolute Gasteiger partial charge is 0.506 e. The number of anilines is 1. The Labute approximate surface area is 160 Å². The summed E-state index contributed by atoms with van der Waals surface area (Å²) in [5.74, 6) is -3.35. The van der Waals surface area contributed by atoms with Crippen molar-refractivity contribution in [2.24, 2.45) is 5.41 Å². The Morgan fingerprint density at radius 2 is 2.00 bits per heavy atom. The van der Waals surface area contributed by atoms with E-state index in [1.807, 2.05) is 6.08 Å². The summed E-state index contributed by atoms with van der Waals surface area (Å²) >= 11 is 0. The highest BCUT2D eigenvalue weighted by Crippen LogP contribution is 2.43. The van der Waals surface area contributed by atoms with Gasteiger partial charge in [-0.1, -0.05) is 6.08 Å². The van der Waals surface area contributed by atoms with Gasteiger partial charge in [-0.3, -0.25) is 9.59 Å². The summed E-state index contributed by atoms with van der Waals surface area (Å²) in [6.45, 7) is 2.13. The van der Waals surface area contributed by atoms with E-state index in [9.17, 15) is 24.6 Å². The van der Waals surface area contributed by atoms with Gasteiger partial charge in [-0.2, -0.15) is 0 Å². The van der Waals surface area contributed by atoms with Crippen LogP contribution in [0.25, 0.3) is 0 Å². The van der Waals surface area contributed by atoms with Gasteiger partial charge in [0.1, 0.15) is 23.6 Å². The Kier molecular flexibility index (Phi) is 4.96. The summed E-state index contributed by atoms with van der Waals surface area (Å²) in [7, 11) is 0. The number of phenolic OH excluding ortho intramolecular Hbond substituents is 1. The Hall–Kier alpha value is -3.55. The molecule has 1 unspecified atom stereocenters. The highest BCUT2D eigenvalue weighted by Gasteiger charge is 2.40. The maximum absolute atomic E-state index is 12.5. The summed E-state index contributed by atoms with van der Waals surface area (Å²) in [5, 5.41) is 31.2. The van der Waals surface area contributed by atoms with E-state index in [0.717, 1.165) is 17.7 Å². The summed E-state index contributed by atoms with van der Waals surface area (Å²) in [6, 6.07) is 2.09. The van der Waals surface area contributed by atoms with Crippen LogP contribution < -0.4 is 5.32 Å². The number of allylic oxidation sites excluding steroid dienone is 4. The van der Waals surface area contributed by atoms with Crippen molar-refractivity contribution in [1.29, 1.82) is 0 Å². The Morgan fingerprint density at radius 3 is 2.71 bits per heavy atom. The van der Waals surface area contributed by atoms with Crippen LogP contribution in [0.4, 0.5) is 5.69 Å². The SMILES string of the molecule is CC1(CCC(=O)Nc2c(O)ccc(C(=O)O)c2O)C(=O)C=CC2=CCOC=C21. The molecule has 0 spiro atoms. The molecular formula is C20H19NO7. The molecule has 8 heteroatoms. The number of rotatable bonds is 5.